The van der Waals surface area contributed by atoms with E-state index in [1.165, 1.54) is 35.1 Å². The van der Waals surface area contributed by atoms with E-state index >= 15 is 0 Å². The van der Waals surface area contributed by atoms with Crippen molar-refractivity contribution < 1.29 is 0 Å². The molecule has 1 fully saturated rings. The molecule has 2 aliphatic heterocycles. The predicted molar refractivity (Wildman–Crippen MR) is 101 cm³/mol. The molecule has 122 valence electrons. The fraction of sp³-hybridized carbons (Fsp3) is 0.300. The number of aryl methyl sites for hydroxylation is 1. The van der Waals surface area contributed by atoms with E-state index in [-0.39, 0.29) is 6.17 Å². The van der Waals surface area contributed by atoms with Crippen LogP contribution in [0.1, 0.15) is 18.4 Å². The quantitative estimate of drug-likeness (QED) is 0.560. The molecule has 4 heteroatoms. The van der Waals surface area contributed by atoms with Crippen LogP contribution >= 0.6 is 0 Å². The van der Waals surface area contributed by atoms with Gasteiger partial charge in [-0.25, -0.2) is 0 Å². The first-order chi connectivity index (χ1) is 11.7. The van der Waals surface area contributed by atoms with Crippen LogP contribution in [-0.4, -0.2) is 18.1 Å². The van der Waals surface area contributed by atoms with E-state index in [0.717, 1.165) is 17.7 Å². The standard InChI is InChI=1S/C20H22N4/c1-12-5-6-17-18(8-12)24-19(23-17)9-14-11-22-20(16-10-15(14)16)13(2)4-3-7-21/h3-8,11,15-16,19,21,23-24H,2,9-10H2,1H3/b4-3-,21-7?. The van der Waals surface area contributed by atoms with Crippen molar-refractivity contribution in [2.75, 3.05) is 10.6 Å². The molecule has 2 heterocycles. The van der Waals surface area contributed by atoms with Gasteiger partial charge >= 0.3 is 0 Å². The molecule has 4 nitrogen and oxygen atoms in total. The number of nitrogens with one attached hydrogen (secondary N) is 3. The third kappa shape index (κ3) is 2.68. The largest absolute Gasteiger partial charge is 0.363 e. The summed E-state index contributed by atoms with van der Waals surface area (Å²) in [6.45, 7) is 6.20. The zero-order chi connectivity index (χ0) is 16.7. The second-order valence-corrected chi connectivity index (χ2v) is 6.81. The van der Waals surface area contributed by atoms with Crippen LogP contribution in [0.25, 0.3) is 0 Å². The van der Waals surface area contributed by atoms with Crippen molar-refractivity contribution in [3.63, 3.8) is 0 Å². The number of hydrogen-bond acceptors (Lipinski definition) is 4. The van der Waals surface area contributed by atoms with Crippen molar-refractivity contribution >= 4 is 23.3 Å². The minimum Gasteiger partial charge on any atom is -0.363 e. The van der Waals surface area contributed by atoms with Crippen LogP contribution in [0.2, 0.25) is 0 Å². The summed E-state index contributed by atoms with van der Waals surface area (Å²) in [5.41, 5.74) is 7.09. The van der Waals surface area contributed by atoms with Gasteiger partial charge in [-0.2, -0.15) is 0 Å². The van der Waals surface area contributed by atoms with Gasteiger partial charge in [0.15, 0.2) is 0 Å². The first-order valence-electron chi connectivity index (χ1n) is 8.42. The monoisotopic (exact) mass is 318 g/mol. The van der Waals surface area contributed by atoms with Crippen LogP contribution in [0.3, 0.4) is 0 Å². The second-order valence-electron chi connectivity index (χ2n) is 6.81. The topological polar surface area (TPSA) is 60.3 Å². The van der Waals surface area contributed by atoms with Gasteiger partial charge in [0, 0.05) is 24.8 Å². The lowest BCUT2D eigenvalue weighted by Crippen LogP contribution is -2.24. The SMILES string of the molecule is C=C(/C=C\C=N)C1=NC=C(CC2Nc3ccc(C)cc3N2)C2CC12. The van der Waals surface area contributed by atoms with Crippen LogP contribution in [-0.2, 0) is 0 Å². The van der Waals surface area contributed by atoms with Gasteiger partial charge in [0.2, 0.25) is 0 Å². The molecule has 0 amide bonds. The number of nitrogens with zero attached hydrogens (tertiary/aromatic N) is 1. The number of allylic oxidation sites excluding steroid dienone is 3. The van der Waals surface area contributed by atoms with Gasteiger partial charge in [-0.1, -0.05) is 18.7 Å². The summed E-state index contributed by atoms with van der Waals surface area (Å²) in [7, 11) is 0. The fourth-order valence-electron chi connectivity index (χ4n) is 3.68. The molecule has 24 heavy (non-hydrogen) atoms. The molecule has 1 aromatic carbocycles. The summed E-state index contributed by atoms with van der Waals surface area (Å²) in [5, 5.41) is 14.2. The van der Waals surface area contributed by atoms with E-state index in [2.05, 4.69) is 47.3 Å². The molecular formula is C20H22N4. The lowest BCUT2D eigenvalue weighted by atomic mass is 9.98. The summed E-state index contributed by atoms with van der Waals surface area (Å²) in [6, 6.07) is 6.47. The summed E-state index contributed by atoms with van der Waals surface area (Å²) < 4.78 is 0. The molecule has 1 aliphatic carbocycles. The summed E-state index contributed by atoms with van der Waals surface area (Å²) in [5.74, 6) is 1.12. The molecule has 3 atom stereocenters. The third-order valence-corrected chi connectivity index (χ3v) is 4.98. The summed E-state index contributed by atoms with van der Waals surface area (Å²) >= 11 is 0. The Labute approximate surface area is 142 Å². The second kappa shape index (κ2) is 5.78. The highest BCUT2D eigenvalue weighted by atomic mass is 15.2. The minimum atomic E-state index is 0.243. The van der Waals surface area contributed by atoms with Gasteiger partial charge in [0.05, 0.1) is 17.1 Å². The van der Waals surface area contributed by atoms with Gasteiger partial charge < -0.3 is 16.0 Å². The highest BCUT2D eigenvalue weighted by molar-refractivity contribution is 6.07. The van der Waals surface area contributed by atoms with Crippen LogP contribution in [0.15, 0.2) is 59.3 Å². The Morgan fingerprint density at radius 1 is 1.33 bits per heavy atom. The molecule has 0 bridgehead atoms. The van der Waals surface area contributed by atoms with Crippen molar-refractivity contribution in [1.29, 1.82) is 5.41 Å². The Balaban J connectivity index is 1.45. The maximum atomic E-state index is 7.08. The molecular weight excluding hydrogens is 296 g/mol. The minimum absolute atomic E-state index is 0.243. The third-order valence-electron chi connectivity index (χ3n) is 4.98. The Kier molecular flexibility index (Phi) is 3.60. The number of anilines is 2. The average Bonchev–Trinajstić information content (AvgIpc) is 3.27. The van der Waals surface area contributed by atoms with E-state index in [9.17, 15) is 0 Å². The molecule has 3 aliphatic rings. The Morgan fingerprint density at radius 3 is 3.00 bits per heavy atom. The Morgan fingerprint density at radius 2 is 2.17 bits per heavy atom. The van der Waals surface area contributed by atoms with E-state index < -0.39 is 0 Å². The van der Waals surface area contributed by atoms with Gasteiger partial charge in [-0.3, -0.25) is 4.99 Å². The molecule has 0 radical (unpaired) electrons. The Hall–Kier alpha value is -2.62. The van der Waals surface area contributed by atoms with Gasteiger partial charge in [-0.05, 0) is 54.2 Å². The molecule has 0 spiro atoms. The average molecular weight is 318 g/mol. The Bertz CT molecular complexity index is 800. The van der Waals surface area contributed by atoms with Crippen LogP contribution in [0.4, 0.5) is 11.4 Å². The zero-order valence-corrected chi connectivity index (χ0v) is 13.8. The van der Waals surface area contributed by atoms with Gasteiger partial charge in [0.1, 0.15) is 6.17 Å². The number of rotatable bonds is 5. The van der Waals surface area contributed by atoms with Crippen molar-refractivity contribution in [1.82, 2.24) is 0 Å². The highest BCUT2D eigenvalue weighted by Crippen LogP contribution is 2.50. The summed E-state index contributed by atoms with van der Waals surface area (Å²) in [6.07, 6.45) is 9.26. The maximum Gasteiger partial charge on any atom is 0.100 e. The predicted octanol–water partition coefficient (Wildman–Crippen LogP) is 4.29. The molecule has 1 aromatic rings. The zero-order valence-electron chi connectivity index (χ0n) is 13.8. The van der Waals surface area contributed by atoms with Crippen LogP contribution < -0.4 is 10.6 Å². The van der Waals surface area contributed by atoms with Crippen LogP contribution in [0, 0.1) is 24.2 Å². The van der Waals surface area contributed by atoms with E-state index in [4.69, 9.17) is 5.41 Å². The van der Waals surface area contributed by atoms with E-state index in [1.807, 2.05) is 12.3 Å². The highest BCUT2D eigenvalue weighted by Gasteiger charge is 2.46. The fourth-order valence-corrected chi connectivity index (χ4v) is 3.68. The molecule has 0 aromatic heterocycles. The summed E-state index contributed by atoms with van der Waals surface area (Å²) in [4.78, 5) is 4.66. The molecule has 0 saturated heterocycles. The molecule has 4 rings (SSSR count). The van der Waals surface area contributed by atoms with Gasteiger partial charge in [-0.15, -0.1) is 0 Å². The molecule has 3 N–H and O–H groups in total. The molecule has 1 saturated carbocycles. The first kappa shape index (κ1) is 14.9. The van der Waals surface area contributed by atoms with E-state index in [0.29, 0.717) is 11.8 Å². The van der Waals surface area contributed by atoms with Crippen molar-refractivity contribution in [3.05, 3.63) is 59.8 Å². The van der Waals surface area contributed by atoms with Gasteiger partial charge in [0.25, 0.3) is 0 Å². The first-order valence-corrected chi connectivity index (χ1v) is 8.42. The lowest BCUT2D eigenvalue weighted by molar-refractivity contribution is 0.748. The number of fused-ring (bicyclic) bond motifs is 2. The number of benzene rings is 1. The van der Waals surface area contributed by atoms with Crippen molar-refractivity contribution in [2.45, 2.75) is 25.9 Å². The van der Waals surface area contributed by atoms with E-state index in [1.54, 1.807) is 6.08 Å². The smallest absolute Gasteiger partial charge is 0.100 e. The van der Waals surface area contributed by atoms with Crippen molar-refractivity contribution in [3.8, 4) is 0 Å². The molecule has 3 unspecified atom stereocenters. The number of aliphatic imine (C=N–C) groups is 1. The normalized spacial score (nSPS) is 26.6. The van der Waals surface area contributed by atoms with Crippen LogP contribution in [0.5, 0.6) is 0 Å². The van der Waals surface area contributed by atoms with Crippen molar-refractivity contribution in [2.24, 2.45) is 16.8 Å². The lowest BCUT2D eigenvalue weighted by Gasteiger charge is -2.18. The maximum absolute atomic E-state index is 7.08. The number of hydrogen-bond donors (Lipinski definition) is 3.